The summed E-state index contributed by atoms with van der Waals surface area (Å²) in [7, 11) is 0. The lowest BCUT2D eigenvalue weighted by molar-refractivity contribution is -0.123. The maximum Gasteiger partial charge on any atom is 0.248 e. The van der Waals surface area contributed by atoms with Gasteiger partial charge in [0.1, 0.15) is 17.6 Å². The molecule has 0 aromatic carbocycles. The summed E-state index contributed by atoms with van der Waals surface area (Å²) >= 11 is 3.37. The monoisotopic (exact) mass is 443 g/mol. The van der Waals surface area contributed by atoms with Crippen LogP contribution in [-0.4, -0.2) is 34.2 Å². The van der Waals surface area contributed by atoms with Crippen molar-refractivity contribution in [1.82, 2.24) is 9.88 Å². The van der Waals surface area contributed by atoms with Gasteiger partial charge in [0, 0.05) is 29.8 Å². The van der Waals surface area contributed by atoms with E-state index in [-0.39, 0.29) is 23.7 Å². The third-order valence-corrected chi connectivity index (χ3v) is 6.56. The Kier molecular flexibility index (Phi) is 5.95. The second kappa shape index (κ2) is 8.60. The smallest absolute Gasteiger partial charge is 0.248 e. The molecule has 3 aliphatic rings. The van der Waals surface area contributed by atoms with E-state index in [1.54, 1.807) is 12.3 Å². The van der Waals surface area contributed by atoms with Crippen LogP contribution in [0.5, 0.6) is 0 Å². The SMILES string of the molecule is O=C1CC=CC2=CN([C@@H](CC3CCCCC3)C(=O)Nc3ccc(Br)cn3)CC12. The number of aromatic nitrogens is 1. The molecule has 148 valence electrons. The highest BCUT2D eigenvalue weighted by molar-refractivity contribution is 9.10. The molecule has 1 aromatic rings. The van der Waals surface area contributed by atoms with Gasteiger partial charge in [-0.25, -0.2) is 4.98 Å². The van der Waals surface area contributed by atoms with Crippen molar-refractivity contribution in [2.75, 3.05) is 11.9 Å². The first-order chi connectivity index (χ1) is 13.6. The Labute approximate surface area is 174 Å². The van der Waals surface area contributed by atoms with Gasteiger partial charge >= 0.3 is 0 Å². The molecular formula is C22H26BrN3O2. The lowest BCUT2D eigenvalue weighted by Crippen LogP contribution is -2.43. The van der Waals surface area contributed by atoms with Gasteiger partial charge in [0.25, 0.3) is 0 Å². The highest BCUT2D eigenvalue weighted by Gasteiger charge is 2.37. The number of carbonyl (C=O) groups is 2. The van der Waals surface area contributed by atoms with E-state index >= 15 is 0 Å². The quantitative estimate of drug-likeness (QED) is 0.728. The van der Waals surface area contributed by atoms with Crippen molar-refractivity contribution in [2.45, 2.75) is 51.0 Å². The molecule has 1 amide bonds. The van der Waals surface area contributed by atoms with E-state index in [9.17, 15) is 9.59 Å². The predicted octanol–water partition coefficient (Wildman–Crippen LogP) is 4.47. The number of ketones is 1. The van der Waals surface area contributed by atoms with Crippen molar-refractivity contribution in [3.63, 3.8) is 0 Å². The highest BCUT2D eigenvalue weighted by Crippen LogP contribution is 2.34. The van der Waals surface area contributed by atoms with Gasteiger partial charge in [0.2, 0.25) is 5.91 Å². The van der Waals surface area contributed by atoms with Crippen molar-refractivity contribution in [3.05, 3.63) is 46.7 Å². The molecule has 2 aliphatic carbocycles. The number of hydrogen-bond acceptors (Lipinski definition) is 4. The van der Waals surface area contributed by atoms with E-state index in [0.29, 0.717) is 24.7 Å². The van der Waals surface area contributed by atoms with Gasteiger partial charge in [0.05, 0.1) is 5.92 Å². The summed E-state index contributed by atoms with van der Waals surface area (Å²) in [6.07, 6.45) is 15.2. The molecule has 0 saturated heterocycles. The van der Waals surface area contributed by atoms with Crippen molar-refractivity contribution in [2.24, 2.45) is 11.8 Å². The number of pyridine rings is 1. The zero-order valence-electron chi connectivity index (χ0n) is 15.9. The number of halogens is 1. The number of carbonyl (C=O) groups excluding carboxylic acids is 2. The number of allylic oxidation sites excluding steroid dienone is 2. The fraction of sp³-hybridized carbons (Fsp3) is 0.500. The van der Waals surface area contributed by atoms with Crippen LogP contribution >= 0.6 is 15.9 Å². The zero-order valence-corrected chi connectivity index (χ0v) is 17.5. The van der Waals surface area contributed by atoms with Gasteiger partial charge in [-0.1, -0.05) is 44.3 Å². The van der Waals surface area contributed by atoms with Crippen molar-refractivity contribution >= 4 is 33.4 Å². The lowest BCUT2D eigenvalue weighted by Gasteiger charge is -2.32. The van der Waals surface area contributed by atoms with Crippen LogP contribution in [0.15, 0.2) is 46.7 Å². The summed E-state index contributed by atoms with van der Waals surface area (Å²) in [6.45, 7) is 0.608. The van der Waals surface area contributed by atoms with Crippen LogP contribution in [0.1, 0.15) is 44.9 Å². The first-order valence-electron chi connectivity index (χ1n) is 10.2. The Morgan fingerprint density at radius 3 is 2.82 bits per heavy atom. The Morgan fingerprint density at radius 2 is 2.11 bits per heavy atom. The van der Waals surface area contributed by atoms with Gasteiger partial charge in [0.15, 0.2) is 0 Å². The number of amides is 1. The molecule has 5 nitrogen and oxygen atoms in total. The number of rotatable bonds is 5. The number of anilines is 1. The Hall–Kier alpha value is -1.95. The lowest BCUT2D eigenvalue weighted by atomic mass is 9.84. The van der Waals surface area contributed by atoms with Crippen LogP contribution in [0.4, 0.5) is 5.82 Å². The largest absolute Gasteiger partial charge is 0.364 e. The third-order valence-electron chi connectivity index (χ3n) is 6.09. The van der Waals surface area contributed by atoms with Crippen LogP contribution in [0.2, 0.25) is 0 Å². The van der Waals surface area contributed by atoms with E-state index in [2.05, 4.69) is 31.1 Å². The molecule has 1 aromatic heterocycles. The van der Waals surface area contributed by atoms with Crippen LogP contribution in [-0.2, 0) is 9.59 Å². The third kappa shape index (κ3) is 4.37. The summed E-state index contributed by atoms with van der Waals surface area (Å²) in [5.74, 6) is 1.25. The molecule has 1 saturated carbocycles. The predicted molar refractivity (Wildman–Crippen MR) is 113 cm³/mol. The molecule has 1 N–H and O–H groups in total. The minimum absolute atomic E-state index is 0.0349. The molecule has 0 radical (unpaired) electrons. The number of fused-ring (bicyclic) bond motifs is 1. The number of hydrogen-bond donors (Lipinski definition) is 1. The van der Waals surface area contributed by atoms with E-state index in [0.717, 1.165) is 16.5 Å². The van der Waals surface area contributed by atoms with Gasteiger partial charge in [-0.2, -0.15) is 0 Å². The first kappa shape index (κ1) is 19.4. The summed E-state index contributed by atoms with van der Waals surface area (Å²) in [6, 6.07) is 3.40. The van der Waals surface area contributed by atoms with E-state index in [1.807, 2.05) is 24.4 Å². The molecule has 4 rings (SSSR count). The van der Waals surface area contributed by atoms with Gasteiger partial charge in [-0.15, -0.1) is 0 Å². The number of nitrogens with zero attached hydrogens (tertiary/aromatic N) is 2. The first-order valence-corrected chi connectivity index (χ1v) is 11.0. The second-order valence-electron chi connectivity index (χ2n) is 8.06. The maximum atomic E-state index is 13.2. The van der Waals surface area contributed by atoms with Gasteiger partial charge < -0.3 is 10.2 Å². The fourth-order valence-electron chi connectivity index (χ4n) is 4.56. The van der Waals surface area contributed by atoms with Crippen molar-refractivity contribution in [3.8, 4) is 0 Å². The summed E-state index contributed by atoms with van der Waals surface area (Å²) in [5, 5.41) is 2.98. The summed E-state index contributed by atoms with van der Waals surface area (Å²) in [5.41, 5.74) is 1.04. The summed E-state index contributed by atoms with van der Waals surface area (Å²) in [4.78, 5) is 31.9. The topological polar surface area (TPSA) is 62.3 Å². The molecule has 2 heterocycles. The van der Waals surface area contributed by atoms with E-state index < -0.39 is 0 Å². The minimum atomic E-state index is -0.271. The Balaban J connectivity index is 1.52. The van der Waals surface area contributed by atoms with Crippen LogP contribution in [0.3, 0.4) is 0 Å². The van der Waals surface area contributed by atoms with Crippen LogP contribution < -0.4 is 5.32 Å². The standard InChI is InChI=1S/C22H26BrN3O2/c23-17-9-10-21(24-12-17)25-22(28)19(11-15-5-2-1-3-6-15)26-13-16-7-4-8-20(27)18(16)14-26/h4,7,9-10,12-13,15,18-19H,1-3,5-6,8,11,14H2,(H,24,25,28)/t18?,19-/m0/s1. The Morgan fingerprint density at radius 1 is 1.29 bits per heavy atom. The van der Waals surface area contributed by atoms with Gasteiger partial charge in [-0.05, 0) is 46.0 Å². The number of nitrogens with one attached hydrogen (secondary N) is 1. The molecule has 28 heavy (non-hydrogen) atoms. The molecule has 0 spiro atoms. The molecule has 6 heteroatoms. The van der Waals surface area contributed by atoms with Crippen molar-refractivity contribution in [1.29, 1.82) is 0 Å². The molecule has 1 aliphatic heterocycles. The molecule has 1 fully saturated rings. The zero-order chi connectivity index (χ0) is 19.5. The molecule has 2 atom stereocenters. The van der Waals surface area contributed by atoms with E-state index in [4.69, 9.17) is 0 Å². The molecule has 0 bridgehead atoms. The molecular weight excluding hydrogens is 418 g/mol. The minimum Gasteiger partial charge on any atom is -0.364 e. The maximum absolute atomic E-state index is 13.2. The average Bonchev–Trinajstić information content (AvgIpc) is 3.14. The number of Topliss-reactive ketones (excluding diaryl/α,β-unsaturated/α-hetero) is 1. The van der Waals surface area contributed by atoms with Crippen LogP contribution in [0.25, 0.3) is 0 Å². The fourth-order valence-corrected chi connectivity index (χ4v) is 4.79. The Bertz CT molecular complexity index is 797. The average molecular weight is 444 g/mol. The normalized spacial score (nSPS) is 23.3. The summed E-state index contributed by atoms with van der Waals surface area (Å²) < 4.78 is 0.878. The highest BCUT2D eigenvalue weighted by atomic mass is 79.9. The second-order valence-corrected chi connectivity index (χ2v) is 8.97. The van der Waals surface area contributed by atoms with Crippen LogP contribution in [0, 0.1) is 11.8 Å². The molecule has 1 unspecified atom stereocenters. The van der Waals surface area contributed by atoms with E-state index in [1.165, 1.54) is 32.1 Å². The van der Waals surface area contributed by atoms with Crippen molar-refractivity contribution < 1.29 is 9.59 Å². The van der Waals surface area contributed by atoms with Gasteiger partial charge in [-0.3, -0.25) is 9.59 Å².